The molecule has 0 aromatic carbocycles. The summed E-state index contributed by atoms with van der Waals surface area (Å²) >= 11 is 0. The Morgan fingerprint density at radius 2 is 1.94 bits per heavy atom. The minimum atomic E-state index is -1.79. The highest BCUT2D eigenvalue weighted by atomic mass is 28.4. The van der Waals surface area contributed by atoms with E-state index in [1.807, 2.05) is 26.6 Å². The van der Waals surface area contributed by atoms with Crippen molar-refractivity contribution in [2.45, 2.75) is 58.4 Å². The van der Waals surface area contributed by atoms with Gasteiger partial charge in [-0.2, -0.15) is 0 Å². The maximum absolute atomic E-state index is 11.7. The van der Waals surface area contributed by atoms with Gasteiger partial charge >= 0.3 is 5.97 Å². The molecule has 17 heavy (non-hydrogen) atoms. The summed E-state index contributed by atoms with van der Waals surface area (Å²) in [7, 11) is -1.89. The summed E-state index contributed by atoms with van der Waals surface area (Å²) in [5.41, 5.74) is 1.27. The normalized spacial score (nSPS) is 15.3. The molecular formula is C12H26O3Si2. The average molecular weight is 275 g/mol. The molecule has 0 aliphatic heterocycles. The summed E-state index contributed by atoms with van der Waals surface area (Å²) in [5, 5.41) is 0. The van der Waals surface area contributed by atoms with Gasteiger partial charge in [0.05, 0.1) is 0 Å². The number of carbonyl (C=O) groups excluding carboxylic acids is 1. The van der Waals surface area contributed by atoms with Gasteiger partial charge in [0.25, 0.3) is 0 Å². The van der Waals surface area contributed by atoms with E-state index in [0.29, 0.717) is 11.1 Å². The van der Waals surface area contributed by atoms with E-state index in [9.17, 15) is 4.79 Å². The maximum atomic E-state index is 11.7. The van der Waals surface area contributed by atoms with E-state index >= 15 is 0 Å². The van der Waals surface area contributed by atoms with Gasteiger partial charge < -0.3 is 4.89 Å². The van der Waals surface area contributed by atoms with Crippen LogP contribution in [0.2, 0.25) is 31.2 Å². The van der Waals surface area contributed by atoms with Gasteiger partial charge in [-0.25, -0.2) is 9.37 Å². The number of hydrogen-bond acceptors (Lipinski definition) is 3. The molecule has 3 nitrogen and oxygen atoms in total. The second-order valence-electron chi connectivity index (χ2n) is 5.37. The highest BCUT2D eigenvalue weighted by Gasteiger charge is 2.20. The zero-order valence-electron chi connectivity index (χ0n) is 12.0. The van der Waals surface area contributed by atoms with Crippen molar-refractivity contribution in [3.63, 3.8) is 0 Å². The molecule has 0 amide bonds. The fourth-order valence-electron chi connectivity index (χ4n) is 1.43. The maximum Gasteiger partial charge on any atom is 0.367 e. The fourth-order valence-corrected chi connectivity index (χ4v) is 3.42. The monoisotopic (exact) mass is 274 g/mol. The van der Waals surface area contributed by atoms with Crippen LogP contribution >= 0.6 is 0 Å². The average Bonchev–Trinajstić information content (AvgIpc) is 2.23. The lowest BCUT2D eigenvalue weighted by molar-refractivity contribution is -0.214. The molecule has 100 valence electrons. The first kappa shape index (κ1) is 16.6. The zero-order chi connectivity index (χ0) is 13.5. The molecule has 1 unspecified atom stereocenters. The zero-order valence-corrected chi connectivity index (χ0v) is 14.4. The van der Waals surface area contributed by atoms with Crippen LogP contribution in [0.15, 0.2) is 11.6 Å². The Bertz CT molecular complexity index is 269. The quantitative estimate of drug-likeness (QED) is 0.310. The first-order valence-corrected chi connectivity index (χ1v) is 11.6. The molecule has 0 spiro atoms. The van der Waals surface area contributed by atoms with E-state index in [1.165, 1.54) is 6.04 Å². The third kappa shape index (κ3) is 8.34. The van der Waals surface area contributed by atoms with Crippen molar-refractivity contribution in [1.82, 2.24) is 0 Å². The molecule has 0 aromatic heterocycles. The molecule has 0 aliphatic carbocycles. The topological polar surface area (TPSA) is 35.5 Å². The smallest absolute Gasteiger partial charge is 0.305 e. The second kappa shape index (κ2) is 7.84. The van der Waals surface area contributed by atoms with Crippen LogP contribution in [-0.2, 0) is 14.3 Å². The molecule has 0 saturated heterocycles. The van der Waals surface area contributed by atoms with Crippen molar-refractivity contribution < 1.29 is 14.3 Å². The third-order valence-electron chi connectivity index (χ3n) is 2.36. The van der Waals surface area contributed by atoms with E-state index < -0.39 is 8.32 Å². The van der Waals surface area contributed by atoms with Crippen LogP contribution in [0.3, 0.4) is 0 Å². The lowest BCUT2D eigenvalue weighted by Gasteiger charge is -2.15. The van der Waals surface area contributed by atoms with Gasteiger partial charge in [-0.3, -0.25) is 0 Å². The van der Waals surface area contributed by atoms with Crippen molar-refractivity contribution in [3.8, 4) is 0 Å². The van der Waals surface area contributed by atoms with E-state index in [-0.39, 0.29) is 15.5 Å². The predicted octanol–water partition coefficient (Wildman–Crippen LogP) is 3.05. The summed E-state index contributed by atoms with van der Waals surface area (Å²) in [4.78, 5) is 16.5. The Labute approximate surface area is 108 Å². The van der Waals surface area contributed by atoms with E-state index in [4.69, 9.17) is 9.46 Å². The van der Waals surface area contributed by atoms with Crippen molar-refractivity contribution in [3.05, 3.63) is 11.6 Å². The molecular weight excluding hydrogens is 248 g/mol. The van der Waals surface area contributed by atoms with Crippen LogP contribution in [0.5, 0.6) is 0 Å². The van der Waals surface area contributed by atoms with Crippen LogP contribution in [0.4, 0.5) is 0 Å². The van der Waals surface area contributed by atoms with E-state index in [0.717, 1.165) is 6.42 Å². The lowest BCUT2D eigenvalue weighted by Crippen LogP contribution is -2.27. The van der Waals surface area contributed by atoms with Crippen LogP contribution < -0.4 is 0 Å². The van der Waals surface area contributed by atoms with Gasteiger partial charge in [0.2, 0.25) is 8.32 Å². The molecule has 0 N–H and O–H groups in total. The summed E-state index contributed by atoms with van der Waals surface area (Å²) < 4.78 is 5.15. The van der Waals surface area contributed by atoms with Crippen LogP contribution in [0.1, 0.15) is 27.2 Å². The van der Waals surface area contributed by atoms with Gasteiger partial charge in [0.15, 0.2) is 0 Å². The van der Waals surface area contributed by atoms with E-state index in [2.05, 4.69) is 19.9 Å². The van der Waals surface area contributed by atoms with Crippen molar-refractivity contribution >= 4 is 23.8 Å². The van der Waals surface area contributed by atoms with Crippen LogP contribution in [0, 0.1) is 0 Å². The molecule has 1 atom stereocenters. The second-order valence-corrected chi connectivity index (χ2v) is 12.4. The summed E-state index contributed by atoms with van der Waals surface area (Å²) in [5.74, 6) is -0.337. The third-order valence-corrected chi connectivity index (χ3v) is 5.07. The minimum absolute atomic E-state index is 0.0967. The molecule has 0 saturated carbocycles. The van der Waals surface area contributed by atoms with Crippen LogP contribution in [0.25, 0.3) is 0 Å². The Balaban J connectivity index is 4.32. The summed E-state index contributed by atoms with van der Waals surface area (Å²) in [6.45, 7) is 12.1. The van der Waals surface area contributed by atoms with Crippen LogP contribution in [-0.4, -0.2) is 23.8 Å². The summed E-state index contributed by atoms with van der Waals surface area (Å²) in [6.07, 6.45) is 3.17. The van der Waals surface area contributed by atoms with Gasteiger partial charge in [0.1, 0.15) is 0 Å². The van der Waals surface area contributed by atoms with Crippen molar-refractivity contribution in [2.75, 3.05) is 0 Å². The Morgan fingerprint density at radius 3 is 2.35 bits per heavy atom. The lowest BCUT2D eigenvalue weighted by atomic mass is 10.2. The standard InChI is InChI=1S/C12H26O3Si2/c1-7-11(16-8-2)9-10(3)12(13)14-15-17(4,5)6/h9,11H,7-8,16H2,1-6H3. The first-order chi connectivity index (χ1) is 7.80. The predicted molar refractivity (Wildman–Crippen MR) is 77.3 cm³/mol. The SMILES string of the molecule is CC[SiH2]C(C=C(C)C(=O)OO[Si](C)(C)C)CC. The summed E-state index contributed by atoms with van der Waals surface area (Å²) in [6, 6.07) is 1.27. The highest BCUT2D eigenvalue weighted by molar-refractivity contribution is 6.69. The minimum Gasteiger partial charge on any atom is -0.305 e. The Kier molecular flexibility index (Phi) is 7.66. The van der Waals surface area contributed by atoms with Gasteiger partial charge in [0, 0.05) is 15.1 Å². The largest absolute Gasteiger partial charge is 0.367 e. The fraction of sp³-hybridized carbons (Fsp3) is 0.750. The molecule has 0 radical (unpaired) electrons. The number of rotatable bonds is 7. The molecule has 5 heteroatoms. The van der Waals surface area contributed by atoms with Crippen molar-refractivity contribution in [2.24, 2.45) is 0 Å². The molecule has 0 bridgehead atoms. The highest BCUT2D eigenvalue weighted by Crippen LogP contribution is 2.16. The number of hydrogen-bond donors (Lipinski definition) is 0. The molecule has 0 aliphatic rings. The molecule has 0 rings (SSSR count). The van der Waals surface area contributed by atoms with E-state index in [1.54, 1.807) is 0 Å². The number of carbonyl (C=O) groups is 1. The Hall–Kier alpha value is -0.396. The first-order valence-electron chi connectivity index (χ1n) is 6.38. The van der Waals surface area contributed by atoms with Gasteiger partial charge in [-0.15, -0.1) is 0 Å². The van der Waals surface area contributed by atoms with Gasteiger partial charge in [-0.05, 0) is 32.1 Å². The molecule has 0 aromatic rings. The van der Waals surface area contributed by atoms with Gasteiger partial charge in [-0.1, -0.05) is 32.4 Å². The molecule has 0 fully saturated rings. The molecule has 0 heterocycles. The number of allylic oxidation sites excluding steroid dienone is 1. The van der Waals surface area contributed by atoms with Crippen molar-refractivity contribution in [1.29, 1.82) is 0 Å². The Morgan fingerprint density at radius 1 is 1.35 bits per heavy atom.